The van der Waals surface area contributed by atoms with E-state index in [9.17, 15) is 4.79 Å². The van der Waals surface area contributed by atoms with Crippen molar-refractivity contribution in [2.24, 2.45) is 0 Å². The normalized spacial score (nSPS) is 15.6. The minimum atomic E-state index is -0.139. The number of nitrogens with zero attached hydrogens (tertiary/aromatic N) is 2. The van der Waals surface area contributed by atoms with Gasteiger partial charge < -0.3 is 19.4 Å². The molecule has 2 heterocycles. The zero-order chi connectivity index (χ0) is 20.2. The molecule has 0 bridgehead atoms. The molecule has 6 heteroatoms. The number of nitrogens with one attached hydrogen (secondary N) is 1. The lowest BCUT2D eigenvalue weighted by Crippen LogP contribution is -2.30. The van der Waals surface area contributed by atoms with E-state index in [4.69, 9.17) is 9.47 Å². The first-order chi connectivity index (χ1) is 14.1. The van der Waals surface area contributed by atoms with Gasteiger partial charge in [0.25, 0.3) is 0 Å². The van der Waals surface area contributed by atoms with Gasteiger partial charge in [0, 0.05) is 24.3 Å². The molecule has 0 aliphatic carbocycles. The van der Waals surface area contributed by atoms with Gasteiger partial charge in [-0.25, -0.2) is 4.98 Å². The summed E-state index contributed by atoms with van der Waals surface area (Å²) >= 11 is 0. The van der Waals surface area contributed by atoms with Crippen LogP contribution in [0.1, 0.15) is 29.3 Å². The summed E-state index contributed by atoms with van der Waals surface area (Å²) in [5.74, 6) is 1.41. The van der Waals surface area contributed by atoms with Crippen molar-refractivity contribution in [3.8, 4) is 17.2 Å². The molecule has 1 aromatic heterocycles. The van der Waals surface area contributed by atoms with Crippen molar-refractivity contribution in [3.63, 3.8) is 0 Å². The van der Waals surface area contributed by atoms with Crippen molar-refractivity contribution in [1.82, 2.24) is 14.9 Å². The molecule has 148 valence electrons. The standard InChI is InChI=1S/C23H23N3O3/c1-16-14-26(15-24-16)20-9-7-17(13-22(20)28-2)8-10-23(27)25-19-11-12-29-21-6-4-3-5-18(19)21/h3-10,13-15,19H,11-12H2,1-2H3,(H,25,27)/t19-/m1/s1. The van der Waals surface area contributed by atoms with Crippen LogP contribution in [0.2, 0.25) is 0 Å². The highest BCUT2D eigenvalue weighted by atomic mass is 16.5. The summed E-state index contributed by atoms with van der Waals surface area (Å²) in [5, 5.41) is 3.06. The van der Waals surface area contributed by atoms with Crippen LogP contribution in [-0.4, -0.2) is 29.2 Å². The number of methoxy groups -OCH3 is 1. The molecule has 0 saturated carbocycles. The molecular formula is C23H23N3O3. The number of hydrogen-bond donors (Lipinski definition) is 1. The van der Waals surface area contributed by atoms with E-state index in [-0.39, 0.29) is 11.9 Å². The molecule has 1 atom stereocenters. The van der Waals surface area contributed by atoms with Crippen LogP contribution in [0.5, 0.6) is 11.5 Å². The van der Waals surface area contributed by atoms with E-state index >= 15 is 0 Å². The third-order valence-electron chi connectivity index (χ3n) is 4.90. The lowest BCUT2D eigenvalue weighted by atomic mass is 10.0. The van der Waals surface area contributed by atoms with Crippen LogP contribution in [0, 0.1) is 6.92 Å². The smallest absolute Gasteiger partial charge is 0.244 e. The Kier molecular flexibility index (Phi) is 5.33. The lowest BCUT2D eigenvalue weighted by Gasteiger charge is -2.26. The molecule has 0 spiro atoms. The van der Waals surface area contributed by atoms with Crippen LogP contribution in [0.3, 0.4) is 0 Å². The largest absolute Gasteiger partial charge is 0.495 e. The third kappa shape index (κ3) is 4.16. The fourth-order valence-electron chi connectivity index (χ4n) is 3.45. The molecule has 0 saturated heterocycles. The van der Waals surface area contributed by atoms with Crippen molar-refractivity contribution >= 4 is 12.0 Å². The maximum atomic E-state index is 12.5. The van der Waals surface area contributed by atoms with Crippen molar-refractivity contribution in [2.75, 3.05) is 13.7 Å². The number of aryl methyl sites for hydroxylation is 1. The number of hydrogen-bond acceptors (Lipinski definition) is 4. The molecule has 0 radical (unpaired) electrons. The molecular weight excluding hydrogens is 366 g/mol. The summed E-state index contributed by atoms with van der Waals surface area (Å²) in [5.41, 5.74) is 3.73. The van der Waals surface area contributed by atoms with Crippen LogP contribution in [-0.2, 0) is 4.79 Å². The first-order valence-corrected chi connectivity index (χ1v) is 9.53. The maximum Gasteiger partial charge on any atom is 0.244 e. The topological polar surface area (TPSA) is 65.4 Å². The Labute approximate surface area is 169 Å². The number of fused-ring (bicyclic) bond motifs is 1. The summed E-state index contributed by atoms with van der Waals surface area (Å²) in [4.78, 5) is 16.7. The highest BCUT2D eigenvalue weighted by Crippen LogP contribution is 2.31. The molecule has 0 fully saturated rings. The number of para-hydroxylation sites is 1. The summed E-state index contributed by atoms with van der Waals surface area (Å²) in [6.45, 7) is 2.54. The second kappa shape index (κ2) is 8.22. The number of benzene rings is 2. The van der Waals surface area contributed by atoms with Crippen molar-refractivity contribution in [2.45, 2.75) is 19.4 Å². The Hall–Kier alpha value is -3.54. The van der Waals surface area contributed by atoms with Gasteiger partial charge in [-0.05, 0) is 36.8 Å². The first-order valence-electron chi connectivity index (χ1n) is 9.53. The summed E-state index contributed by atoms with van der Waals surface area (Å²) in [6, 6.07) is 13.6. The van der Waals surface area contributed by atoms with Gasteiger partial charge in [-0.2, -0.15) is 0 Å². The monoisotopic (exact) mass is 389 g/mol. The first kappa shape index (κ1) is 18.8. The third-order valence-corrected chi connectivity index (χ3v) is 4.90. The number of aromatic nitrogens is 2. The highest BCUT2D eigenvalue weighted by Gasteiger charge is 2.21. The number of ether oxygens (including phenoxy) is 2. The zero-order valence-corrected chi connectivity index (χ0v) is 16.5. The van der Waals surface area contributed by atoms with E-state index in [1.807, 2.05) is 60.2 Å². The Morgan fingerprint density at radius 3 is 2.97 bits per heavy atom. The van der Waals surface area contributed by atoms with Crippen LogP contribution in [0.15, 0.2) is 61.1 Å². The molecule has 1 aliphatic heterocycles. The van der Waals surface area contributed by atoms with Gasteiger partial charge >= 0.3 is 0 Å². The van der Waals surface area contributed by atoms with Gasteiger partial charge in [0.15, 0.2) is 0 Å². The van der Waals surface area contributed by atoms with E-state index in [0.717, 1.165) is 34.7 Å². The number of rotatable bonds is 5. The number of amides is 1. The van der Waals surface area contributed by atoms with Gasteiger partial charge in [-0.1, -0.05) is 24.3 Å². The van der Waals surface area contributed by atoms with Gasteiger partial charge in [-0.3, -0.25) is 4.79 Å². The van der Waals surface area contributed by atoms with Crippen LogP contribution in [0.4, 0.5) is 0 Å². The minimum absolute atomic E-state index is 0.0431. The van der Waals surface area contributed by atoms with Gasteiger partial charge in [0.1, 0.15) is 11.5 Å². The predicted molar refractivity (Wildman–Crippen MR) is 111 cm³/mol. The minimum Gasteiger partial charge on any atom is -0.495 e. The Morgan fingerprint density at radius 2 is 2.17 bits per heavy atom. The van der Waals surface area contributed by atoms with Crippen molar-refractivity contribution < 1.29 is 14.3 Å². The number of imidazole rings is 1. The van der Waals surface area contributed by atoms with Crippen LogP contribution < -0.4 is 14.8 Å². The maximum absolute atomic E-state index is 12.5. The molecule has 2 aromatic carbocycles. The fraction of sp³-hybridized carbons (Fsp3) is 0.217. The molecule has 1 aliphatic rings. The van der Waals surface area contributed by atoms with E-state index in [2.05, 4.69) is 10.3 Å². The predicted octanol–water partition coefficient (Wildman–Crippen LogP) is 3.84. The van der Waals surface area contributed by atoms with Crippen LogP contribution >= 0.6 is 0 Å². The molecule has 1 amide bonds. The second-order valence-electron chi connectivity index (χ2n) is 6.92. The molecule has 0 unspecified atom stereocenters. The Balaban J connectivity index is 1.47. The van der Waals surface area contributed by atoms with Crippen LogP contribution in [0.25, 0.3) is 11.8 Å². The van der Waals surface area contributed by atoms with E-state index in [1.165, 1.54) is 0 Å². The summed E-state index contributed by atoms with van der Waals surface area (Å²) < 4.78 is 13.1. The van der Waals surface area contributed by atoms with Gasteiger partial charge in [0.2, 0.25) is 5.91 Å². The van der Waals surface area contributed by atoms with Gasteiger partial charge in [-0.15, -0.1) is 0 Å². The van der Waals surface area contributed by atoms with Crippen molar-refractivity contribution in [3.05, 3.63) is 77.9 Å². The highest BCUT2D eigenvalue weighted by molar-refractivity contribution is 5.92. The number of carbonyl (C=O) groups is 1. The quantitative estimate of drug-likeness (QED) is 0.674. The Morgan fingerprint density at radius 1 is 1.31 bits per heavy atom. The average molecular weight is 389 g/mol. The molecule has 3 aromatic rings. The molecule has 6 nitrogen and oxygen atoms in total. The second-order valence-corrected chi connectivity index (χ2v) is 6.92. The van der Waals surface area contributed by atoms with E-state index in [0.29, 0.717) is 12.4 Å². The zero-order valence-electron chi connectivity index (χ0n) is 16.5. The van der Waals surface area contributed by atoms with Gasteiger partial charge in [0.05, 0.1) is 37.5 Å². The lowest BCUT2D eigenvalue weighted by molar-refractivity contribution is -0.117. The van der Waals surface area contributed by atoms with Crippen molar-refractivity contribution in [1.29, 1.82) is 0 Å². The number of carbonyl (C=O) groups excluding carboxylic acids is 1. The molecule has 4 rings (SSSR count). The molecule has 1 N–H and O–H groups in total. The summed E-state index contributed by atoms with van der Waals surface area (Å²) in [6.07, 6.45) is 7.78. The van der Waals surface area contributed by atoms with E-state index in [1.54, 1.807) is 25.6 Å². The fourth-order valence-corrected chi connectivity index (χ4v) is 3.45. The average Bonchev–Trinajstić information content (AvgIpc) is 3.18. The summed E-state index contributed by atoms with van der Waals surface area (Å²) in [7, 11) is 1.63. The molecule has 29 heavy (non-hydrogen) atoms. The SMILES string of the molecule is COc1cc(C=CC(=O)N[C@@H]2CCOc3ccccc32)ccc1-n1cnc(C)c1. The van der Waals surface area contributed by atoms with E-state index < -0.39 is 0 Å². The Bertz CT molecular complexity index is 1060.